The molecule has 1 atom stereocenters. The van der Waals surface area contributed by atoms with Gasteiger partial charge in [-0.15, -0.1) is 0 Å². The minimum atomic E-state index is -0.00577. The van der Waals surface area contributed by atoms with E-state index in [2.05, 4.69) is 36.6 Å². The highest BCUT2D eigenvalue weighted by molar-refractivity contribution is 5.94. The van der Waals surface area contributed by atoms with E-state index in [9.17, 15) is 4.79 Å². The van der Waals surface area contributed by atoms with Crippen molar-refractivity contribution in [2.75, 3.05) is 6.54 Å². The van der Waals surface area contributed by atoms with Crippen LogP contribution in [0.4, 0.5) is 0 Å². The molecule has 1 aliphatic rings. The number of amides is 1. The van der Waals surface area contributed by atoms with Gasteiger partial charge in [-0.25, -0.2) is 0 Å². The number of hydrogen-bond donors (Lipinski definition) is 3. The van der Waals surface area contributed by atoms with Crippen LogP contribution in [0.1, 0.15) is 42.6 Å². The third-order valence-electron chi connectivity index (χ3n) is 4.92. The van der Waals surface area contributed by atoms with E-state index in [-0.39, 0.29) is 17.5 Å². The number of hydrogen-bond acceptors (Lipinski definition) is 3. The van der Waals surface area contributed by atoms with Gasteiger partial charge in [-0.3, -0.25) is 4.79 Å². The molecule has 1 fully saturated rings. The summed E-state index contributed by atoms with van der Waals surface area (Å²) in [5.74, 6) is -0.00577. The van der Waals surface area contributed by atoms with Gasteiger partial charge in [0.05, 0.1) is 0 Å². The third kappa shape index (κ3) is 4.47. The van der Waals surface area contributed by atoms with Crippen LogP contribution in [0.15, 0.2) is 48.5 Å². The summed E-state index contributed by atoms with van der Waals surface area (Å²) >= 11 is 0. The van der Waals surface area contributed by atoms with Gasteiger partial charge in [-0.05, 0) is 61.6 Å². The maximum absolute atomic E-state index is 12.5. The van der Waals surface area contributed by atoms with Crippen molar-refractivity contribution in [1.82, 2.24) is 10.6 Å². The minimum absolute atomic E-state index is 0.00577. The maximum atomic E-state index is 12.5. The summed E-state index contributed by atoms with van der Waals surface area (Å²) < 4.78 is 0. The summed E-state index contributed by atoms with van der Waals surface area (Å²) in [5.41, 5.74) is 9.89. The number of benzene rings is 2. The van der Waals surface area contributed by atoms with E-state index in [0.717, 1.165) is 36.1 Å². The number of nitrogens with two attached hydrogens (primary N) is 1. The molecule has 0 aliphatic carbocycles. The van der Waals surface area contributed by atoms with Crippen LogP contribution >= 0.6 is 0 Å². The molecule has 3 rings (SSSR count). The van der Waals surface area contributed by atoms with Gasteiger partial charge in [0.25, 0.3) is 5.91 Å². The highest BCUT2D eigenvalue weighted by atomic mass is 16.1. The molecular weight excluding hydrogens is 310 g/mol. The molecule has 0 aromatic heterocycles. The predicted octanol–water partition coefficient (Wildman–Crippen LogP) is 3.07. The zero-order valence-electron chi connectivity index (χ0n) is 15.0. The molecule has 1 amide bonds. The van der Waals surface area contributed by atoms with E-state index in [1.165, 1.54) is 0 Å². The van der Waals surface area contributed by atoms with E-state index < -0.39 is 0 Å². The molecular formula is C21H27N3O. The molecule has 1 aliphatic heterocycles. The lowest BCUT2D eigenvalue weighted by Gasteiger charge is -2.36. The lowest BCUT2D eigenvalue weighted by Crippen LogP contribution is -2.53. The lowest BCUT2D eigenvalue weighted by atomic mass is 9.90. The second-order valence-corrected chi connectivity index (χ2v) is 7.46. The summed E-state index contributed by atoms with van der Waals surface area (Å²) in [7, 11) is 0. The van der Waals surface area contributed by atoms with E-state index in [4.69, 9.17) is 5.73 Å². The highest BCUT2D eigenvalue weighted by Crippen LogP contribution is 2.22. The van der Waals surface area contributed by atoms with Crippen molar-refractivity contribution in [2.24, 2.45) is 5.73 Å². The molecule has 132 valence electrons. The summed E-state index contributed by atoms with van der Waals surface area (Å²) in [4.78, 5) is 12.5. The fourth-order valence-corrected chi connectivity index (χ4v) is 3.21. The second-order valence-electron chi connectivity index (χ2n) is 7.46. The van der Waals surface area contributed by atoms with Crippen LogP contribution in [-0.4, -0.2) is 24.0 Å². The van der Waals surface area contributed by atoms with Gasteiger partial charge in [-0.2, -0.15) is 0 Å². The van der Waals surface area contributed by atoms with Gasteiger partial charge in [0.1, 0.15) is 0 Å². The van der Waals surface area contributed by atoms with Gasteiger partial charge in [0, 0.05) is 30.2 Å². The van der Waals surface area contributed by atoms with Crippen molar-refractivity contribution in [2.45, 2.75) is 44.8 Å². The minimum Gasteiger partial charge on any atom is -0.348 e. The summed E-state index contributed by atoms with van der Waals surface area (Å²) in [6, 6.07) is 16.1. The molecule has 1 saturated heterocycles. The molecule has 1 heterocycles. The van der Waals surface area contributed by atoms with Crippen LogP contribution in [0.25, 0.3) is 11.1 Å². The molecule has 0 bridgehead atoms. The largest absolute Gasteiger partial charge is 0.348 e. The molecule has 0 saturated carbocycles. The molecule has 2 aromatic carbocycles. The first-order valence-electron chi connectivity index (χ1n) is 8.92. The zero-order valence-corrected chi connectivity index (χ0v) is 15.0. The standard InChI is InChI=1S/C21H27N3O/c1-21(2)11-10-19(14-23-21)24-20(25)17-8-6-16(7-9-17)18-5-3-4-15(12-18)13-22/h3-9,12,19,23H,10-11,13-14,22H2,1-2H3,(H,24,25). The average Bonchev–Trinajstić information content (AvgIpc) is 2.63. The third-order valence-corrected chi connectivity index (χ3v) is 4.92. The van der Waals surface area contributed by atoms with Crippen LogP contribution in [0.3, 0.4) is 0 Å². The van der Waals surface area contributed by atoms with E-state index in [0.29, 0.717) is 12.1 Å². The number of nitrogens with one attached hydrogen (secondary N) is 2. The van der Waals surface area contributed by atoms with Crippen molar-refractivity contribution in [3.8, 4) is 11.1 Å². The van der Waals surface area contributed by atoms with Gasteiger partial charge in [0.15, 0.2) is 0 Å². The normalized spacial score (nSPS) is 19.4. The first kappa shape index (κ1) is 17.6. The van der Waals surface area contributed by atoms with Crippen LogP contribution in [0.2, 0.25) is 0 Å². The van der Waals surface area contributed by atoms with Crippen LogP contribution in [0, 0.1) is 0 Å². The Balaban J connectivity index is 1.64. The first-order chi connectivity index (χ1) is 12.0. The Morgan fingerprint density at radius 3 is 2.60 bits per heavy atom. The number of piperidine rings is 1. The molecule has 4 heteroatoms. The maximum Gasteiger partial charge on any atom is 0.251 e. The quantitative estimate of drug-likeness (QED) is 0.803. The molecule has 4 N–H and O–H groups in total. The Labute approximate surface area is 149 Å². The Morgan fingerprint density at radius 2 is 1.96 bits per heavy atom. The van der Waals surface area contributed by atoms with Gasteiger partial charge in [-0.1, -0.05) is 30.3 Å². The van der Waals surface area contributed by atoms with Crippen LogP contribution in [0.5, 0.6) is 0 Å². The Kier molecular flexibility index (Phi) is 5.21. The smallest absolute Gasteiger partial charge is 0.251 e. The zero-order chi connectivity index (χ0) is 17.9. The van der Waals surface area contributed by atoms with Crippen molar-refractivity contribution >= 4 is 5.91 Å². The van der Waals surface area contributed by atoms with E-state index in [1.54, 1.807) is 0 Å². The molecule has 2 aromatic rings. The number of carbonyl (C=O) groups is 1. The van der Waals surface area contributed by atoms with Crippen LogP contribution in [-0.2, 0) is 6.54 Å². The highest BCUT2D eigenvalue weighted by Gasteiger charge is 2.26. The van der Waals surface area contributed by atoms with Crippen molar-refractivity contribution < 1.29 is 4.79 Å². The monoisotopic (exact) mass is 337 g/mol. The van der Waals surface area contributed by atoms with E-state index >= 15 is 0 Å². The summed E-state index contributed by atoms with van der Waals surface area (Å²) in [6.45, 7) is 5.75. The predicted molar refractivity (Wildman–Crippen MR) is 102 cm³/mol. The number of carbonyl (C=O) groups excluding carboxylic acids is 1. The Bertz CT molecular complexity index is 727. The summed E-state index contributed by atoms with van der Waals surface area (Å²) in [6.07, 6.45) is 2.07. The Morgan fingerprint density at radius 1 is 1.20 bits per heavy atom. The van der Waals surface area contributed by atoms with E-state index in [1.807, 2.05) is 36.4 Å². The number of rotatable bonds is 4. The van der Waals surface area contributed by atoms with Crippen molar-refractivity contribution in [1.29, 1.82) is 0 Å². The fourth-order valence-electron chi connectivity index (χ4n) is 3.21. The molecule has 25 heavy (non-hydrogen) atoms. The first-order valence-corrected chi connectivity index (χ1v) is 8.92. The molecule has 1 unspecified atom stereocenters. The van der Waals surface area contributed by atoms with Crippen LogP contribution < -0.4 is 16.4 Å². The SMILES string of the molecule is CC1(C)CCC(NC(=O)c2ccc(-c3cccc(CN)c3)cc2)CN1. The molecule has 0 radical (unpaired) electrons. The van der Waals surface area contributed by atoms with Gasteiger partial charge in [0.2, 0.25) is 0 Å². The summed E-state index contributed by atoms with van der Waals surface area (Å²) in [5, 5.41) is 6.61. The lowest BCUT2D eigenvalue weighted by molar-refractivity contribution is 0.0920. The van der Waals surface area contributed by atoms with Gasteiger partial charge < -0.3 is 16.4 Å². The van der Waals surface area contributed by atoms with Crippen molar-refractivity contribution in [3.63, 3.8) is 0 Å². The average molecular weight is 337 g/mol. The molecule has 0 spiro atoms. The fraction of sp³-hybridized carbons (Fsp3) is 0.381. The van der Waals surface area contributed by atoms with Gasteiger partial charge >= 0.3 is 0 Å². The van der Waals surface area contributed by atoms with Crippen molar-refractivity contribution in [3.05, 3.63) is 59.7 Å². The second kappa shape index (κ2) is 7.38. The molecule has 4 nitrogen and oxygen atoms in total. The Hall–Kier alpha value is -2.17. The topological polar surface area (TPSA) is 67.2 Å².